The van der Waals surface area contributed by atoms with Gasteiger partial charge >= 0.3 is 0 Å². The van der Waals surface area contributed by atoms with Crippen LogP contribution < -0.4 is 9.47 Å². The predicted octanol–water partition coefficient (Wildman–Crippen LogP) is 7.02. The molecule has 0 amide bonds. The first kappa shape index (κ1) is 26.9. The Balaban J connectivity index is 1.08. The maximum atomic E-state index is 6.35. The molecule has 5 nitrogen and oxygen atoms in total. The average molecular weight is 534 g/mol. The van der Waals surface area contributed by atoms with Gasteiger partial charge in [-0.25, -0.2) is 0 Å². The highest BCUT2D eigenvalue weighted by atomic mass is 35.5. The van der Waals surface area contributed by atoms with Crippen LogP contribution in [-0.2, 0) is 6.54 Å². The molecule has 4 aromatic rings. The summed E-state index contributed by atoms with van der Waals surface area (Å²) in [5.74, 6) is 1.92. The van der Waals surface area contributed by atoms with Crippen molar-refractivity contribution in [2.24, 2.45) is 0 Å². The quantitative estimate of drug-likeness (QED) is 0.207. The zero-order valence-electron chi connectivity index (χ0n) is 23.0. The van der Waals surface area contributed by atoms with E-state index in [4.69, 9.17) is 21.1 Å². The van der Waals surface area contributed by atoms with E-state index in [9.17, 15) is 0 Å². The van der Waals surface area contributed by atoms with Crippen LogP contribution in [0.25, 0.3) is 21.7 Å². The molecule has 0 bridgehead atoms. The fourth-order valence-electron chi connectivity index (χ4n) is 5.42. The van der Waals surface area contributed by atoms with E-state index in [-0.39, 0.29) is 6.10 Å². The van der Waals surface area contributed by atoms with Gasteiger partial charge in [-0.3, -0.25) is 4.90 Å². The summed E-state index contributed by atoms with van der Waals surface area (Å²) in [6.07, 6.45) is 4.65. The first-order valence-corrected chi connectivity index (χ1v) is 14.4. The van der Waals surface area contributed by atoms with Crippen molar-refractivity contribution in [3.63, 3.8) is 0 Å². The Morgan fingerprint density at radius 2 is 1.53 bits per heavy atom. The van der Waals surface area contributed by atoms with Gasteiger partial charge in [-0.15, -0.1) is 0 Å². The summed E-state index contributed by atoms with van der Waals surface area (Å²) in [6.45, 7) is 14.7. The van der Waals surface area contributed by atoms with Crippen LogP contribution in [0, 0.1) is 6.92 Å². The van der Waals surface area contributed by atoms with Gasteiger partial charge in [0.25, 0.3) is 0 Å². The lowest BCUT2D eigenvalue weighted by atomic mass is 10.1. The number of benzene rings is 3. The van der Waals surface area contributed by atoms with Crippen LogP contribution >= 0.6 is 11.6 Å². The van der Waals surface area contributed by atoms with Gasteiger partial charge in [-0.2, -0.15) is 0 Å². The van der Waals surface area contributed by atoms with Crippen LogP contribution in [0.5, 0.6) is 11.5 Å². The Kier molecular flexibility index (Phi) is 8.78. The molecule has 1 aliphatic rings. The zero-order chi connectivity index (χ0) is 26.5. The van der Waals surface area contributed by atoms with E-state index in [0.717, 1.165) is 85.9 Å². The third-order valence-corrected chi connectivity index (χ3v) is 8.13. The fraction of sp³-hybridized carbons (Fsp3) is 0.438. The van der Waals surface area contributed by atoms with Gasteiger partial charge in [-0.05, 0) is 57.0 Å². The molecular formula is C32H40ClN3O2. The molecule has 38 heavy (non-hydrogen) atoms. The number of halogens is 1. The molecule has 1 saturated heterocycles. The minimum absolute atomic E-state index is 0.219. The summed E-state index contributed by atoms with van der Waals surface area (Å²) in [5, 5.41) is 4.19. The van der Waals surface area contributed by atoms with Crippen LogP contribution in [0.1, 0.15) is 32.3 Å². The van der Waals surface area contributed by atoms with Crippen LogP contribution in [0.4, 0.5) is 0 Å². The second-order valence-corrected chi connectivity index (χ2v) is 10.9. The van der Waals surface area contributed by atoms with Crippen molar-refractivity contribution in [3.8, 4) is 11.5 Å². The number of hydrogen-bond acceptors (Lipinski definition) is 4. The number of aromatic nitrogens is 1. The Morgan fingerprint density at radius 1 is 0.816 bits per heavy atom. The molecule has 6 heteroatoms. The molecule has 3 aromatic carbocycles. The van der Waals surface area contributed by atoms with Gasteiger partial charge in [0.05, 0.1) is 11.6 Å². The molecule has 1 aromatic heterocycles. The SMILES string of the molecule is CCC(C)Oc1cccc2c(C)cn(CCCN3CCN(CCOc4ccc(Cl)c5ccccc45)CC3)c12. The van der Waals surface area contributed by atoms with E-state index < -0.39 is 0 Å². The summed E-state index contributed by atoms with van der Waals surface area (Å²) < 4.78 is 14.8. The molecule has 0 radical (unpaired) electrons. The Bertz CT molecular complexity index is 1360. The van der Waals surface area contributed by atoms with E-state index in [1.54, 1.807) is 0 Å². The molecule has 5 rings (SSSR count). The highest BCUT2D eigenvalue weighted by Crippen LogP contribution is 2.32. The van der Waals surface area contributed by atoms with Gasteiger partial charge in [0.15, 0.2) is 0 Å². The molecule has 0 saturated carbocycles. The normalized spacial score (nSPS) is 15.8. The first-order valence-electron chi connectivity index (χ1n) is 14.0. The maximum Gasteiger partial charge on any atom is 0.143 e. The molecule has 0 aliphatic carbocycles. The molecular weight excluding hydrogens is 494 g/mol. The molecule has 2 heterocycles. The van der Waals surface area contributed by atoms with Gasteiger partial charge < -0.3 is 18.9 Å². The smallest absolute Gasteiger partial charge is 0.143 e. The number of nitrogens with zero attached hydrogens (tertiary/aromatic N) is 3. The Labute approximate surface area is 231 Å². The number of aryl methyl sites for hydroxylation is 2. The standard InChI is InChI=1S/C32H40ClN3O2/c1-4-25(3)38-31-12-7-11-26-24(2)23-36(32(26)31)16-8-15-34-17-19-35(20-18-34)21-22-37-30-14-13-29(33)27-9-5-6-10-28(27)30/h5-7,9-14,23,25H,4,8,15-22H2,1-3H3. The van der Waals surface area contributed by atoms with Crippen LogP contribution in [0.15, 0.2) is 60.8 Å². The van der Waals surface area contributed by atoms with E-state index in [1.807, 2.05) is 30.3 Å². The number of hydrogen-bond donors (Lipinski definition) is 0. The maximum absolute atomic E-state index is 6.35. The molecule has 1 aliphatic heterocycles. The topological polar surface area (TPSA) is 29.9 Å². The van der Waals surface area contributed by atoms with Crippen LogP contribution in [0.3, 0.4) is 0 Å². The van der Waals surface area contributed by atoms with Crippen molar-refractivity contribution in [3.05, 3.63) is 71.4 Å². The number of rotatable bonds is 11. The van der Waals surface area contributed by atoms with Crippen molar-refractivity contribution in [2.45, 2.75) is 46.3 Å². The fourth-order valence-corrected chi connectivity index (χ4v) is 5.65. The lowest BCUT2D eigenvalue weighted by Gasteiger charge is -2.34. The lowest BCUT2D eigenvalue weighted by Crippen LogP contribution is -2.47. The summed E-state index contributed by atoms with van der Waals surface area (Å²) >= 11 is 6.35. The highest BCUT2D eigenvalue weighted by molar-refractivity contribution is 6.35. The lowest BCUT2D eigenvalue weighted by molar-refractivity contribution is 0.115. The molecule has 1 fully saturated rings. The van der Waals surface area contributed by atoms with Gasteiger partial charge in [-0.1, -0.05) is 54.9 Å². The minimum Gasteiger partial charge on any atom is -0.492 e. The summed E-state index contributed by atoms with van der Waals surface area (Å²) in [5.41, 5.74) is 2.56. The number of fused-ring (bicyclic) bond motifs is 2. The number of para-hydroxylation sites is 1. The first-order chi connectivity index (χ1) is 18.5. The molecule has 202 valence electrons. The summed E-state index contributed by atoms with van der Waals surface area (Å²) in [4.78, 5) is 5.11. The van der Waals surface area contributed by atoms with E-state index in [2.05, 4.69) is 65.6 Å². The van der Waals surface area contributed by atoms with Crippen molar-refractivity contribution in [1.29, 1.82) is 0 Å². The van der Waals surface area contributed by atoms with E-state index in [1.165, 1.54) is 16.5 Å². The second-order valence-electron chi connectivity index (χ2n) is 10.5. The van der Waals surface area contributed by atoms with Gasteiger partial charge in [0, 0.05) is 66.6 Å². The summed E-state index contributed by atoms with van der Waals surface area (Å²) in [7, 11) is 0. The van der Waals surface area contributed by atoms with Crippen LogP contribution in [0.2, 0.25) is 5.02 Å². The van der Waals surface area contributed by atoms with E-state index >= 15 is 0 Å². The monoisotopic (exact) mass is 533 g/mol. The Morgan fingerprint density at radius 3 is 2.29 bits per heavy atom. The van der Waals surface area contributed by atoms with Crippen molar-refractivity contribution in [1.82, 2.24) is 14.4 Å². The predicted molar refractivity (Wildman–Crippen MR) is 159 cm³/mol. The van der Waals surface area contributed by atoms with Gasteiger partial charge in [0.2, 0.25) is 0 Å². The van der Waals surface area contributed by atoms with Crippen molar-refractivity contribution < 1.29 is 9.47 Å². The third-order valence-electron chi connectivity index (χ3n) is 7.80. The van der Waals surface area contributed by atoms with Crippen LogP contribution in [-0.4, -0.2) is 66.3 Å². The largest absolute Gasteiger partial charge is 0.492 e. The zero-order valence-corrected chi connectivity index (χ0v) is 23.7. The Hall–Kier alpha value is -2.73. The summed E-state index contributed by atoms with van der Waals surface area (Å²) in [6, 6.07) is 18.5. The highest BCUT2D eigenvalue weighted by Gasteiger charge is 2.18. The number of ether oxygens (including phenoxy) is 2. The number of piperazine rings is 1. The molecule has 0 spiro atoms. The average Bonchev–Trinajstić information content (AvgIpc) is 3.27. The van der Waals surface area contributed by atoms with Crippen molar-refractivity contribution >= 4 is 33.3 Å². The third kappa shape index (κ3) is 6.12. The van der Waals surface area contributed by atoms with E-state index in [0.29, 0.717) is 6.61 Å². The molecule has 1 atom stereocenters. The van der Waals surface area contributed by atoms with Gasteiger partial charge in [0.1, 0.15) is 18.1 Å². The van der Waals surface area contributed by atoms with Crippen molar-refractivity contribution in [2.75, 3.05) is 45.9 Å². The molecule has 1 unspecified atom stereocenters. The second kappa shape index (κ2) is 12.4. The molecule has 0 N–H and O–H groups in total. The minimum atomic E-state index is 0.219.